The molecule has 22 heavy (non-hydrogen) atoms. The van der Waals surface area contributed by atoms with Gasteiger partial charge >= 0.3 is 12.0 Å². The van der Waals surface area contributed by atoms with E-state index in [9.17, 15) is 9.59 Å². The maximum Gasteiger partial charge on any atom is 0.321 e. The maximum atomic E-state index is 12.0. The van der Waals surface area contributed by atoms with Crippen molar-refractivity contribution in [3.05, 3.63) is 29.8 Å². The predicted molar refractivity (Wildman–Crippen MR) is 88.2 cm³/mol. The third-order valence-electron chi connectivity index (χ3n) is 4.12. The minimum absolute atomic E-state index is 0.107. The van der Waals surface area contributed by atoms with Crippen molar-refractivity contribution in [3.63, 3.8) is 0 Å². The van der Waals surface area contributed by atoms with Crippen LogP contribution in [0.15, 0.2) is 24.3 Å². The fourth-order valence-corrected chi connectivity index (χ4v) is 2.00. The number of nitrogens with one attached hydrogen (secondary N) is 1. The number of amides is 2. The molecule has 122 valence electrons. The topological polar surface area (TPSA) is 69.6 Å². The summed E-state index contributed by atoms with van der Waals surface area (Å²) in [5.41, 5.74) is 2.03. The molecule has 5 nitrogen and oxygen atoms in total. The van der Waals surface area contributed by atoms with Crippen molar-refractivity contribution in [3.8, 4) is 0 Å². The van der Waals surface area contributed by atoms with E-state index in [0.29, 0.717) is 5.69 Å². The van der Waals surface area contributed by atoms with E-state index in [2.05, 4.69) is 26.1 Å². The van der Waals surface area contributed by atoms with Crippen LogP contribution < -0.4 is 5.32 Å². The van der Waals surface area contributed by atoms with Crippen LogP contribution in [0.5, 0.6) is 0 Å². The zero-order valence-corrected chi connectivity index (χ0v) is 14.0. The first-order chi connectivity index (χ1) is 10.2. The Morgan fingerprint density at radius 2 is 1.82 bits per heavy atom. The lowest BCUT2D eigenvalue weighted by Crippen LogP contribution is -2.36. The summed E-state index contributed by atoms with van der Waals surface area (Å²) in [5, 5.41) is 11.7. The van der Waals surface area contributed by atoms with Crippen LogP contribution >= 0.6 is 0 Å². The molecule has 0 spiro atoms. The van der Waals surface area contributed by atoms with Gasteiger partial charge in [-0.1, -0.05) is 39.8 Å². The Labute approximate surface area is 132 Å². The fourth-order valence-electron chi connectivity index (χ4n) is 2.00. The molecule has 1 aromatic carbocycles. The second-order valence-electron chi connectivity index (χ2n) is 6.36. The average Bonchev–Trinajstić information content (AvgIpc) is 2.47. The van der Waals surface area contributed by atoms with E-state index < -0.39 is 11.9 Å². The summed E-state index contributed by atoms with van der Waals surface area (Å²) in [6, 6.07) is 7.46. The van der Waals surface area contributed by atoms with E-state index in [1.807, 2.05) is 24.3 Å². The summed E-state index contributed by atoms with van der Waals surface area (Å²) < 4.78 is 0. The molecule has 0 fully saturated rings. The number of anilines is 1. The molecule has 0 aliphatic carbocycles. The molecule has 0 heterocycles. The monoisotopic (exact) mass is 306 g/mol. The van der Waals surface area contributed by atoms with Gasteiger partial charge in [-0.3, -0.25) is 4.79 Å². The van der Waals surface area contributed by atoms with Gasteiger partial charge in [-0.2, -0.15) is 0 Å². The number of nitrogens with zero attached hydrogens (tertiary/aromatic N) is 1. The van der Waals surface area contributed by atoms with Gasteiger partial charge in [-0.15, -0.1) is 0 Å². The summed E-state index contributed by atoms with van der Waals surface area (Å²) in [6.45, 7) is 8.26. The summed E-state index contributed by atoms with van der Waals surface area (Å²) in [7, 11) is 1.59. The Hall–Kier alpha value is -2.04. The summed E-state index contributed by atoms with van der Waals surface area (Å²) >= 11 is 0. The highest BCUT2D eigenvalue weighted by atomic mass is 16.4. The Kier molecular flexibility index (Phi) is 5.97. The quantitative estimate of drug-likeness (QED) is 0.844. The van der Waals surface area contributed by atoms with Crippen LogP contribution in [0.1, 0.15) is 39.7 Å². The third-order valence-corrected chi connectivity index (χ3v) is 4.12. The van der Waals surface area contributed by atoms with Gasteiger partial charge in [0.05, 0.1) is 5.92 Å². The first-order valence-electron chi connectivity index (χ1n) is 7.53. The van der Waals surface area contributed by atoms with E-state index in [1.54, 1.807) is 14.0 Å². The molecule has 0 bridgehead atoms. The molecule has 1 atom stereocenters. The SMILES string of the molecule is CCC(C)(C)c1ccc(NC(=O)N(C)CC(C)C(=O)O)cc1. The van der Waals surface area contributed by atoms with Gasteiger partial charge in [0.1, 0.15) is 0 Å². The van der Waals surface area contributed by atoms with Gasteiger partial charge in [-0.05, 0) is 29.5 Å². The van der Waals surface area contributed by atoms with Crippen LogP contribution in [0, 0.1) is 5.92 Å². The van der Waals surface area contributed by atoms with Gasteiger partial charge in [-0.25, -0.2) is 4.79 Å². The maximum absolute atomic E-state index is 12.0. The largest absolute Gasteiger partial charge is 0.481 e. The highest BCUT2D eigenvalue weighted by Gasteiger charge is 2.19. The van der Waals surface area contributed by atoms with Crippen molar-refractivity contribution >= 4 is 17.7 Å². The highest BCUT2D eigenvalue weighted by Crippen LogP contribution is 2.27. The molecule has 5 heteroatoms. The molecule has 0 radical (unpaired) electrons. The van der Waals surface area contributed by atoms with Crippen LogP contribution in [-0.4, -0.2) is 35.6 Å². The number of hydrogen-bond acceptors (Lipinski definition) is 2. The molecule has 1 unspecified atom stereocenters. The second kappa shape index (κ2) is 7.29. The normalized spacial score (nSPS) is 12.6. The molecule has 0 saturated carbocycles. The molecule has 1 aromatic rings. The van der Waals surface area contributed by atoms with Crippen molar-refractivity contribution in [1.29, 1.82) is 0 Å². The Bertz CT molecular complexity index is 523. The minimum Gasteiger partial charge on any atom is -0.481 e. The molecule has 2 amide bonds. The number of aliphatic carboxylic acids is 1. The molecule has 0 aliphatic heterocycles. The van der Waals surface area contributed by atoms with Crippen molar-refractivity contribution in [1.82, 2.24) is 4.90 Å². The number of carbonyl (C=O) groups is 2. The zero-order chi connectivity index (χ0) is 16.9. The summed E-state index contributed by atoms with van der Waals surface area (Å²) in [6.07, 6.45) is 1.04. The highest BCUT2D eigenvalue weighted by molar-refractivity contribution is 5.89. The predicted octanol–water partition coefficient (Wildman–Crippen LogP) is 3.56. The van der Waals surface area contributed by atoms with E-state index >= 15 is 0 Å². The lowest BCUT2D eigenvalue weighted by molar-refractivity contribution is -0.141. The fraction of sp³-hybridized carbons (Fsp3) is 0.529. The van der Waals surface area contributed by atoms with Crippen LogP contribution in [0.2, 0.25) is 0 Å². The van der Waals surface area contributed by atoms with Crippen LogP contribution in [0.25, 0.3) is 0 Å². The summed E-state index contributed by atoms with van der Waals surface area (Å²) in [4.78, 5) is 24.2. The van der Waals surface area contributed by atoms with E-state index in [4.69, 9.17) is 5.11 Å². The van der Waals surface area contributed by atoms with Crippen molar-refractivity contribution in [2.24, 2.45) is 5.92 Å². The molecule has 0 saturated heterocycles. The Morgan fingerprint density at radius 1 is 1.27 bits per heavy atom. The number of urea groups is 1. The Morgan fingerprint density at radius 3 is 2.27 bits per heavy atom. The lowest BCUT2D eigenvalue weighted by Gasteiger charge is -2.24. The van der Waals surface area contributed by atoms with E-state index in [0.717, 1.165) is 6.42 Å². The van der Waals surface area contributed by atoms with E-state index in [1.165, 1.54) is 10.5 Å². The number of carbonyl (C=O) groups excluding carboxylic acids is 1. The number of carboxylic acid groups (broad SMARTS) is 1. The minimum atomic E-state index is -0.911. The zero-order valence-electron chi connectivity index (χ0n) is 14.0. The number of hydrogen-bond donors (Lipinski definition) is 2. The van der Waals surface area contributed by atoms with Gasteiger partial charge in [0, 0.05) is 19.3 Å². The van der Waals surface area contributed by atoms with Crippen molar-refractivity contribution in [2.45, 2.75) is 39.5 Å². The van der Waals surface area contributed by atoms with Gasteiger partial charge in [0.15, 0.2) is 0 Å². The molecule has 1 rings (SSSR count). The van der Waals surface area contributed by atoms with E-state index in [-0.39, 0.29) is 18.0 Å². The number of rotatable bonds is 6. The van der Waals surface area contributed by atoms with Gasteiger partial charge in [0.2, 0.25) is 0 Å². The molecule has 0 aromatic heterocycles. The smallest absolute Gasteiger partial charge is 0.321 e. The van der Waals surface area contributed by atoms with Crippen LogP contribution in [-0.2, 0) is 10.2 Å². The molecule has 2 N–H and O–H groups in total. The lowest BCUT2D eigenvalue weighted by atomic mass is 9.82. The summed E-state index contributed by atoms with van der Waals surface area (Å²) in [5.74, 6) is -1.51. The Balaban J connectivity index is 2.67. The van der Waals surface area contributed by atoms with Crippen molar-refractivity contribution < 1.29 is 14.7 Å². The number of carboxylic acids is 1. The molecule has 0 aliphatic rings. The van der Waals surface area contributed by atoms with Crippen molar-refractivity contribution in [2.75, 3.05) is 18.9 Å². The second-order valence-corrected chi connectivity index (χ2v) is 6.36. The molecular weight excluding hydrogens is 280 g/mol. The van der Waals surface area contributed by atoms with Crippen LogP contribution in [0.3, 0.4) is 0 Å². The third kappa shape index (κ3) is 4.76. The standard InChI is InChI=1S/C17H26N2O3/c1-6-17(3,4)13-7-9-14(10-8-13)18-16(22)19(5)11-12(2)15(20)21/h7-10,12H,6,11H2,1-5H3,(H,18,22)(H,20,21). The van der Waals surface area contributed by atoms with Crippen LogP contribution in [0.4, 0.5) is 10.5 Å². The number of benzene rings is 1. The average molecular weight is 306 g/mol. The first-order valence-corrected chi connectivity index (χ1v) is 7.53. The van der Waals surface area contributed by atoms with Gasteiger partial charge in [0.25, 0.3) is 0 Å². The van der Waals surface area contributed by atoms with Gasteiger partial charge < -0.3 is 15.3 Å². The molecular formula is C17H26N2O3. The first kappa shape index (κ1) is 18.0.